The van der Waals surface area contributed by atoms with Crippen LogP contribution in [0.3, 0.4) is 0 Å². The molecule has 2 aromatic carbocycles. The van der Waals surface area contributed by atoms with Crippen LogP contribution in [0.1, 0.15) is 40.7 Å². The number of thioether (sulfide) groups is 1. The van der Waals surface area contributed by atoms with Crippen molar-refractivity contribution in [3.63, 3.8) is 0 Å². The van der Waals surface area contributed by atoms with Crippen LogP contribution >= 0.6 is 23.4 Å². The number of anilines is 2. The van der Waals surface area contributed by atoms with E-state index in [2.05, 4.69) is 63.2 Å². The zero-order valence-corrected chi connectivity index (χ0v) is 20.8. The maximum Gasteiger partial charge on any atom is 0.230 e. The lowest BCUT2D eigenvalue weighted by molar-refractivity contribution is 0.687. The van der Waals surface area contributed by atoms with Crippen molar-refractivity contribution >= 4 is 35.1 Å². The lowest BCUT2D eigenvalue weighted by Gasteiger charge is -2.15. The van der Waals surface area contributed by atoms with Crippen LogP contribution < -0.4 is 5.32 Å². The van der Waals surface area contributed by atoms with Gasteiger partial charge in [0.15, 0.2) is 5.16 Å². The average molecular weight is 479 g/mol. The number of hydrogen-bond acceptors (Lipinski definition) is 6. The Balaban J connectivity index is 1.59. The van der Waals surface area contributed by atoms with Gasteiger partial charge in [-0.2, -0.15) is 0 Å². The van der Waals surface area contributed by atoms with Crippen molar-refractivity contribution in [2.75, 3.05) is 5.32 Å². The predicted octanol–water partition coefficient (Wildman–Crippen LogP) is 6.29. The molecule has 4 aromatic rings. The maximum absolute atomic E-state index is 6.32. The highest BCUT2D eigenvalue weighted by molar-refractivity contribution is 7.98. The van der Waals surface area contributed by atoms with Crippen molar-refractivity contribution in [3.8, 4) is 0 Å². The van der Waals surface area contributed by atoms with Crippen LogP contribution in [0.25, 0.3) is 0 Å². The zero-order chi connectivity index (χ0) is 23.4. The van der Waals surface area contributed by atoms with Crippen molar-refractivity contribution in [2.24, 2.45) is 0 Å². The van der Waals surface area contributed by atoms with Gasteiger partial charge in [-0.05, 0) is 44.9 Å². The van der Waals surface area contributed by atoms with Gasteiger partial charge >= 0.3 is 0 Å². The summed E-state index contributed by atoms with van der Waals surface area (Å²) in [5.41, 5.74) is 5.55. The third-order valence-electron chi connectivity index (χ3n) is 5.41. The Morgan fingerprint density at radius 1 is 0.970 bits per heavy atom. The summed E-state index contributed by atoms with van der Waals surface area (Å²) in [6, 6.07) is 16.4. The van der Waals surface area contributed by atoms with Crippen molar-refractivity contribution in [3.05, 3.63) is 87.3 Å². The van der Waals surface area contributed by atoms with E-state index in [-0.39, 0.29) is 0 Å². The van der Waals surface area contributed by atoms with Gasteiger partial charge in [0.25, 0.3) is 0 Å². The highest BCUT2D eigenvalue weighted by Gasteiger charge is 2.17. The van der Waals surface area contributed by atoms with Crippen LogP contribution in [-0.2, 0) is 18.7 Å². The lowest BCUT2D eigenvalue weighted by Crippen LogP contribution is -2.10. The van der Waals surface area contributed by atoms with E-state index in [4.69, 9.17) is 16.6 Å². The zero-order valence-electron chi connectivity index (χ0n) is 19.3. The molecular formula is C25H27ClN6S. The van der Waals surface area contributed by atoms with Crippen LogP contribution in [0.5, 0.6) is 0 Å². The third-order valence-corrected chi connectivity index (χ3v) is 6.79. The maximum atomic E-state index is 6.32. The first-order valence-corrected chi connectivity index (χ1v) is 12.3. The number of benzene rings is 2. The van der Waals surface area contributed by atoms with E-state index in [9.17, 15) is 0 Å². The van der Waals surface area contributed by atoms with Crippen molar-refractivity contribution in [1.29, 1.82) is 0 Å². The third kappa shape index (κ3) is 5.54. The van der Waals surface area contributed by atoms with Gasteiger partial charge in [-0.25, -0.2) is 9.97 Å². The van der Waals surface area contributed by atoms with Crippen molar-refractivity contribution in [2.45, 2.75) is 51.6 Å². The first kappa shape index (κ1) is 23.3. The number of aryl methyl sites for hydroxylation is 3. The Kier molecular flexibility index (Phi) is 7.30. The van der Waals surface area contributed by atoms with Gasteiger partial charge < -0.3 is 5.32 Å². The van der Waals surface area contributed by atoms with Gasteiger partial charge in [0, 0.05) is 35.0 Å². The molecule has 4 rings (SSSR count). The molecule has 0 saturated carbocycles. The molecule has 0 amide bonds. The highest BCUT2D eigenvalue weighted by Crippen LogP contribution is 2.29. The Morgan fingerprint density at radius 2 is 1.73 bits per heavy atom. The Labute approximate surface area is 203 Å². The minimum Gasteiger partial charge on any atom is -0.308 e. The molecule has 0 aliphatic rings. The second-order valence-corrected chi connectivity index (χ2v) is 9.25. The average Bonchev–Trinajstić information content (AvgIpc) is 3.18. The molecule has 0 aliphatic carbocycles. The van der Waals surface area contributed by atoms with Crippen LogP contribution in [0, 0.1) is 20.8 Å². The Bertz CT molecular complexity index is 1250. The molecule has 1 N–H and O–H groups in total. The summed E-state index contributed by atoms with van der Waals surface area (Å²) >= 11 is 7.93. The molecule has 0 radical (unpaired) electrons. The second kappa shape index (κ2) is 10.4. The molecule has 33 heavy (non-hydrogen) atoms. The minimum atomic E-state index is 0.668. The van der Waals surface area contributed by atoms with Gasteiger partial charge in [-0.3, -0.25) is 4.57 Å². The number of aromatic nitrogens is 5. The largest absolute Gasteiger partial charge is 0.308 e. The normalized spacial score (nSPS) is 11.1. The van der Waals surface area contributed by atoms with Crippen molar-refractivity contribution in [1.82, 2.24) is 24.7 Å². The fraction of sp³-hybridized carbons (Fsp3) is 0.280. The summed E-state index contributed by atoms with van der Waals surface area (Å²) < 4.78 is 2.06. The van der Waals surface area contributed by atoms with E-state index in [0.717, 1.165) is 57.4 Å². The molecule has 0 unspecified atom stereocenters. The van der Waals surface area contributed by atoms with E-state index in [1.54, 1.807) is 11.8 Å². The molecule has 2 heterocycles. The van der Waals surface area contributed by atoms with Gasteiger partial charge in [-0.1, -0.05) is 71.4 Å². The SMILES string of the molecule is CCn1c(Nc2nc(C)nc(C)c2Cc2ccc(C)cc2)nnc1SCc1ccccc1Cl. The van der Waals surface area contributed by atoms with Gasteiger partial charge in [0.05, 0.1) is 0 Å². The summed E-state index contributed by atoms with van der Waals surface area (Å²) in [4.78, 5) is 9.30. The minimum absolute atomic E-state index is 0.668. The van der Waals surface area contributed by atoms with E-state index >= 15 is 0 Å². The molecule has 6 nitrogen and oxygen atoms in total. The predicted molar refractivity (Wildman–Crippen MR) is 135 cm³/mol. The van der Waals surface area contributed by atoms with Gasteiger partial charge in [-0.15, -0.1) is 10.2 Å². The number of nitrogens with one attached hydrogen (secondary N) is 1. The first-order valence-electron chi connectivity index (χ1n) is 10.9. The van der Waals surface area contributed by atoms with E-state index in [1.165, 1.54) is 11.1 Å². The van der Waals surface area contributed by atoms with Crippen LogP contribution in [0.2, 0.25) is 5.02 Å². The number of hydrogen-bond donors (Lipinski definition) is 1. The molecule has 0 bridgehead atoms. The lowest BCUT2D eigenvalue weighted by atomic mass is 10.0. The summed E-state index contributed by atoms with van der Waals surface area (Å²) in [7, 11) is 0. The van der Waals surface area contributed by atoms with E-state index < -0.39 is 0 Å². The summed E-state index contributed by atoms with van der Waals surface area (Å²) in [6.07, 6.45) is 0.739. The van der Waals surface area contributed by atoms with Gasteiger partial charge in [0.1, 0.15) is 11.6 Å². The number of rotatable bonds is 8. The monoisotopic (exact) mass is 478 g/mol. The smallest absolute Gasteiger partial charge is 0.230 e. The van der Waals surface area contributed by atoms with Crippen LogP contribution in [0.15, 0.2) is 53.7 Å². The molecule has 0 spiro atoms. The summed E-state index contributed by atoms with van der Waals surface area (Å²) in [5, 5.41) is 13.9. The second-order valence-electron chi connectivity index (χ2n) is 7.90. The topological polar surface area (TPSA) is 68.5 Å². The number of nitrogens with zero attached hydrogens (tertiary/aromatic N) is 5. The van der Waals surface area contributed by atoms with Crippen LogP contribution in [0.4, 0.5) is 11.8 Å². The molecular weight excluding hydrogens is 452 g/mol. The standard InChI is InChI=1S/C25H27ClN6S/c1-5-32-24(30-31-25(32)33-15-20-8-6-7-9-22(20)26)29-23-21(17(3)27-18(4)28-23)14-19-12-10-16(2)11-13-19/h6-13H,5,14-15H2,1-4H3,(H,27,28,29,30). The Hall–Kier alpha value is -2.90. The molecule has 2 aromatic heterocycles. The first-order chi connectivity index (χ1) is 15.9. The van der Waals surface area contributed by atoms with E-state index in [1.807, 2.05) is 38.1 Å². The fourth-order valence-electron chi connectivity index (χ4n) is 3.60. The Morgan fingerprint density at radius 3 is 2.45 bits per heavy atom. The number of halogens is 1. The molecule has 0 atom stereocenters. The molecule has 0 aliphatic heterocycles. The summed E-state index contributed by atoms with van der Waals surface area (Å²) in [5.74, 6) is 2.88. The van der Waals surface area contributed by atoms with Gasteiger partial charge in [0.2, 0.25) is 5.95 Å². The quantitative estimate of drug-likeness (QED) is 0.300. The molecule has 0 saturated heterocycles. The molecule has 8 heteroatoms. The van der Waals surface area contributed by atoms with Crippen molar-refractivity contribution < 1.29 is 0 Å². The molecule has 170 valence electrons. The van der Waals surface area contributed by atoms with E-state index in [0.29, 0.717) is 5.95 Å². The summed E-state index contributed by atoms with van der Waals surface area (Å²) in [6.45, 7) is 8.84. The van der Waals surface area contributed by atoms with Crippen LogP contribution in [-0.4, -0.2) is 24.7 Å². The fourth-order valence-corrected chi connectivity index (χ4v) is 4.89. The highest BCUT2D eigenvalue weighted by atomic mass is 35.5. The molecule has 0 fully saturated rings.